The van der Waals surface area contributed by atoms with Crippen molar-refractivity contribution < 1.29 is 9.15 Å². The first-order valence-corrected chi connectivity index (χ1v) is 7.44. The molecule has 0 amide bonds. The second-order valence-electron chi connectivity index (χ2n) is 4.92. The van der Waals surface area contributed by atoms with Gasteiger partial charge in [-0.1, -0.05) is 17.7 Å². The molecule has 0 atom stereocenters. The number of hydrogen-bond donors (Lipinski definition) is 2. The van der Waals surface area contributed by atoms with Crippen LogP contribution in [0.15, 0.2) is 52.1 Å². The number of ether oxygens (including phenoxy) is 1. The van der Waals surface area contributed by atoms with Gasteiger partial charge >= 0.3 is 0 Å². The maximum Gasteiger partial charge on any atom is 0.191 e. The lowest BCUT2D eigenvalue weighted by Gasteiger charge is -2.12. The Morgan fingerprint density at radius 2 is 1.87 bits per heavy atom. The van der Waals surface area contributed by atoms with E-state index in [1.165, 1.54) is 5.56 Å². The molecule has 2 rings (SSSR count). The maximum atomic E-state index is 5.66. The number of hydrogen-bond acceptors (Lipinski definition) is 3. The fourth-order valence-electron chi connectivity index (χ4n) is 1.95. The zero-order chi connectivity index (χ0) is 15.6. The summed E-state index contributed by atoms with van der Waals surface area (Å²) in [7, 11) is 1.75. The largest absolute Gasteiger partial charge is 0.492 e. The summed E-state index contributed by atoms with van der Waals surface area (Å²) in [6.07, 6.45) is 2.51. The first-order valence-electron chi connectivity index (χ1n) is 7.44. The monoisotopic (exact) mass is 429 g/mol. The van der Waals surface area contributed by atoms with Gasteiger partial charge in [0, 0.05) is 20.0 Å². The molecule has 23 heavy (non-hydrogen) atoms. The Kier molecular flexibility index (Phi) is 9.20. The number of rotatable bonds is 7. The second-order valence-corrected chi connectivity index (χ2v) is 4.92. The molecule has 2 aromatic rings. The van der Waals surface area contributed by atoms with Crippen molar-refractivity contribution in [3.63, 3.8) is 0 Å². The van der Waals surface area contributed by atoms with Crippen molar-refractivity contribution >= 4 is 29.9 Å². The molecule has 0 aliphatic rings. The van der Waals surface area contributed by atoms with Crippen LogP contribution in [-0.2, 0) is 6.42 Å². The average Bonchev–Trinajstić information content (AvgIpc) is 3.04. The van der Waals surface area contributed by atoms with Crippen LogP contribution < -0.4 is 15.4 Å². The predicted octanol–water partition coefficient (Wildman–Crippen LogP) is 2.99. The fraction of sp³-hybridized carbons (Fsp3) is 0.353. The van der Waals surface area contributed by atoms with E-state index in [-0.39, 0.29) is 24.0 Å². The Morgan fingerprint density at radius 1 is 1.13 bits per heavy atom. The lowest BCUT2D eigenvalue weighted by Crippen LogP contribution is -2.40. The number of guanidine groups is 1. The van der Waals surface area contributed by atoms with Gasteiger partial charge < -0.3 is 19.8 Å². The standard InChI is InChI=1S/C17H23N3O2.HI/c1-14-5-7-16(8-6-14)22-13-11-20-17(18-2)19-10-9-15-4-3-12-21-15;/h3-8,12H,9-11,13H2,1-2H3,(H2,18,19,20);1H. The van der Waals surface area contributed by atoms with E-state index in [1.54, 1.807) is 13.3 Å². The van der Waals surface area contributed by atoms with Crippen LogP contribution in [0.5, 0.6) is 5.75 Å². The molecule has 1 aromatic carbocycles. The summed E-state index contributed by atoms with van der Waals surface area (Å²) in [4.78, 5) is 4.17. The Hall–Kier alpha value is -1.70. The molecule has 0 aliphatic carbocycles. The van der Waals surface area contributed by atoms with Gasteiger partial charge in [-0.05, 0) is 31.2 Å². The van der Waals surface area contributed by atoms with Crippen LogP contribution in [0.3, 0.4) is 0 Å². The van der Waals surface area contributed by atoms with Crippen LogP contribution >= 0.6 is 24.0 Å². The van der Waals surface area contributed by atoms with Gasteiger partial charge in [-0.2, -0.15) is 0 Å². The first kappa shape index (κ1) is 19.3. The minimum absolute atomic E-state index is 0. The molecular weight excluding hydrogens is 405 g/mol. The summed E-state index contributed by atoms with van der Waals surface area (Å²) in [5, 5.41) is 6.45. The Morgan fingerprint density at radius 3 is 2.52 bits per heavy atom. The van der Waals surface area contributed by atoms with E-state index in [0.29, 0.717) is 13.2 Å². The van der Waals surface area contributed by atoms with Crippen molar-refractivity contribution in [2.75, 3.05) is 26.7 Å². The molecule has 0 aliphatic heterocycles. The smallest absolute Gasteiger partial charge is 0.191 e. The van der Waals surface area contributed by atoms with Gasteiger partial charge in [0.1, 0.15) is 18.1 Å². The van der Waals surface area contributed by atoms with Gasteiger partial charge in [-0.15, -0.1) is 24.0 Å². The summed E-state index contributed by atoms with van der Waals surface area (Å²) in [6.45, 7) is 4.10. The van der Waals surface area contributed by atoms with Crippen LogP contribution in [0.2, 0.25) is 0 Å². The number of benzene rings is 1. The van der Waals surface area contributed by atoms with Crippen LogP contribution in [0.25, 0.3) is 0 Å². The Labute approximate surface area is 154 Å². The number of halogens is 1. The van der Waals surface area contributed by atoms with Crippen LogP contribution in [-0.4, -0.2) is 32.7 Å². The lowest BCUT2D eigenvalue weighted by atomic mass is 10.2. The Balaban J connectivity index is 0.00000264. The van der Waals surface area contributed by atoms with Gasteiger partial charge in [0.25, 0.3) is 0 Å². The molecule has 0 spiro atoms. The number of nitrogens with zero attached hydrogens (tertiary/aromatic N) is 1. The van der Waals surface area contributed by atoms with Crippen molar-refractivity contribution in [1.82, 2.24) is 10.6 Å². The topological polar surface area (TPSA) is 58.8 Å². The molecule has 0 fully saturated rings. The van der Waals surface area contributed by atoms with Gasteiger partial charge in [-0.3, -0.25) is 4.99 Å². The molecule has 2 N–H and O–H groups in total. The van der Waals surface area contributed by atoms with Gasteiger partial charge in [0.05, 0.1) is 12.8 Å². The molecule has 0 saturated carbocycles. The third kappa shape index (κ3) is 7.40. The fourth-order valence-corrected chi connectivity index (χ4v) is 1.95. The molecule has 126 valence electrons. The summed E-state index contributed by atoms with van der Waals surface area (Å²) in [5.74, 6) is 2.61. The zero-order valence-corrected chi connectivity index (χ0v) is 15.9. The molecule has 0 unspecified atom stereocenters. The molecular formula is C17H24IN3O2. The highest BCUT2D eigenvalue weighted by Crippen LogP contribution is 2.10. The SMILES string of the molecule is CN=C(NCCOc1ccc(C)cc1)NCCc1ccco1.I. The minimum atomic E-state index is 0. The summed E-state index contributed by atoms with van der Waals surface area (Å²) in [5.41, 5.74) is 1.23. The maximum absolute atomic E-state index is 5.66. The number of aryl methyl sites for hydroxylation is 1. The lowest BCUT2D eigenvalue weighted by molar-refractivity contribution is 0.322. The number of aliphatic imine (C=N–C) groups is 1. The number of furan rings is 1. The minimum Gasteiger partial charge on any atom is -0.492 e. The van der Waals surface area contributed by atoms with E-state index in [2.05, 4.69) is 22.5 Å². The highest BCUT2D eigenvalue weighted by molar-refractivity contribution is 14.0. The third-order valence-electron chi connectivity index (χ3n) is 3.15. The van der Waals surface area contributed by atoms with E-state index in [4.69, 9.17) is 9.15 Å². The third-order valence-corrected chi connectivity index (χ3v) is 3.15. The van der Waals surface area contributed by atoms with E-state index in [9.17, 15) is 0 Å². The van der Waals surface area contributed by atoms with E-state index in [1.807, 2.05) is 36.4 Å². The quantitative estimate of drug-likeness (QED) is 0.308. The first-order chi connectivity index (χ1) is 10.8. The Bertz CT molecular complexity index is 568. The van der Waals surface area contributed by atoms with Crippen molar-refractivity contribution in [2.45, 2.75) is 13.3 Å². The zero-order valence-electron chi connectivity index (χ0n) is 13.5. The second kappa shape index (κ2) is 10.9. The predicted molar refractivity (Wildman–Crippen MR) is 104 cm³/mol. The molecule has 0 radical (unpaired) electrons. The normalized spacial score (nSPS) is 10.8. The highest BCUT2D eigenvalue weighted by atomic mass is 127. The van der Waals surface area contributed by atoms with Gasteiger partial charge in [0.2, 0.25) is 0 Å². The van der Waals surface area contributed by atoms with Crippen molar-refractivity contribution in [1.29, 1.82) is 0 Å². The number of nitrogens with one attached hydrogen (secondary N) is 2. The van der Waals surface area contributed by atoms with Gasteiger partial charge in [0.15, 0.2) is 5.96 Å². The van der Waals surface area contributed by atoms with Crippen molar-refractivity contribution in [3.05, 3.63) is 54.0 Å². The molecule has 1 aromatic heterocycles. The van der Waals surface area contributed by atoms with Gasteiger partial charge in [-0.25, -0.2) is 0 Å². The van der Waals surface area contributed by atoms with Crippen LogP contribution in [0, 0.1) is 6.92 Å². The molecule has 6 heteroatoms. The van der Waals surface area contributed by atoms with Crippen molar-refractivity contribution in [2.24, 2.45) is 4.99 Å². The molecule has 5 nitrogen and oxygen atoms in total. The molecule has 0 bridgehead atoms. The van der Waals surface area contributed by atoms with Crippen LogP contribution in [0.1, 0.15) is 11.3 Å². The average molecular weight is 429 g/mol. The molecule has 0 saturated heterocycles. The molecule has 1 heterocycles. The van der Waals surface area contributed by atoms with E-state index in [0.717, 1.165) is 30.4 Å². The highest BCUT2D eigenvalue weighted by Gasteiger charge is 1.99. The van der Waals surface area contributed by atoms with Crippen molar-refractivity contribution in [3.8, 4) is 5.75 Å². The summed E-state index contributed by atoms with van der Waals surface area (Å²) < 4.78 is 10.9. The summed E-state index contributed by atoms with van der Waals surface area (Å²) in [6, 6.07) is 11.9. The van der Waals surface area contributed by atoms with E-state index < -0.39 is 0 Å². The van der Waals surface area contributed by atoms with E-state index >= 15 is 0 Å². The van der Waals surface area contributed by atoms with Crippen LogP contribution in [0.4, 0.5) is 0 Å². The summed E-state index contributed by atoms with van der Waals surface area (Å²) >= 11 is 0.